The molecule has 0 rings (SSSR count). The summed E-state index contributed by atoms with van der Waals surface area (Å²) in [5, 5.41) is 23.2. The average molecular weight is 1070 g/mol. The molecule has 2 unspecified atom stereocenters. The number of carbonyl (C=O) groups is 2. The molecule has 0 aliphatic heterocycles. The Hall–Kier alpha value is -2.18. The number of hydrogen-bond acceptors (Lipinski definition) is 5. The number of carbonyl (C=O) groups excluding carboxylic acids is 2. The first-order valence-electron chi connectivity index (χ1n) is 33.9. The minimum absolute atomic E-state index is 0.0111. The Balaban J connectivity index is 3.48. The molecule has 6 heteroatoms. The van der Waals surface area contributed by atoms with Crippen molar-refractivity contribution >= 4 is 11.9 Å². The van der Waals surface area contributed by atoms with E-state index in [1.165, 1.54) is 263 Å². The fourth-order valence-corrected chi connectivity index (χ4v) is 10.4. The molecule has 1 amide bonds. The van der Waals surface area contributed by atoms with E-state index in [-0.39, 0.29) is 18.5 Å². The lowest BCUT2D eigenvalue weighted by Gasteiger charge is -2.20. The van der Waals surface area contributed by atoms with Crippen LogP contribution in [0, 0.1) is 0 Å². The maximum atomic E-state index is 12.5. The molecule has 0 heterocycles. The van der Waals surface area contributed by atoms with Gasteiger partial charge in [0.1, 0.15) is 0 Å². The molecule has 76 heavy (non-hydrogen) atoms. The lowest BCUT2D eigenvalue weighted by molar-refractivity contribution is -0.143. The number of nitrogens with one attached hydrogen (secondary N) is 1. The Morgan fingerprint density at radius 1 is 0.368 bits per heavy atom. The van der Waals surface area contributed by atoms with Gasteiger partial charge in [-0.3, -0.25) is 9.59 Å². The maximum absolute atomic E-state index is 12.5. The molecule has 0 spiro atoms. The first kappa shape index (κ1) is 73.8. The molecule has 6 nitrogen and oxygen atoms in total. The Morgan fingerprint density at radius 3 is 1.03 bits per heavy atom. The molecular formula is C70H131NO5. The lowest BCUT2D eigenvalue weighted by atomic mass is 10.0. The van der Waals surface area contributed by atoms with Gasteiger partial charge in [0.05, 0.1) is 25.4 Å². The molecule has 0 aromatic rings. The van der Waals surface area contributed by atoms with Gasteiger partial charge >= 0.3 is 5.97 Å². The average Bonchev–Trinajstić information content (AvgIpc) is 3.42. The molecule has 0 bridgehead atoms. The summed E-state index contributed by atoms with van der Waals surface area (Å²) in [4.78, 5) is 24.6. The monoisotopic (exact) mass is 1070 g/mol. The molecule has 0 radical (unpaired) electrons. The van der Waals surface area contributed by atoms with Crippen LogP contribution in [0.1, 0.15) is 361 Å². The third-order valence-corrected chi connectivity index (χ3v) is 15.6. The number of esters is 1. The molecule has 2 atom stereocenters. The van der Waals surface area contributed by atoms with E-state index >= 15 is 0 Å². The third kappa shape index (κ3) is 61.0. The van der Waals surface area contributed by atoms with Gasteiger partial charge in [-0.1, -0.05) is 306 Å². The number of aliphatic hydroxyl groups excluding tert-OH is 2. The quantitative estimate of drug-likeness (QED) is 0.0320. The minimum Gasteiger partial charge on any atom is -0.466 e. The zero-order valence-corrected chi connectivity index (χ0v) is 51.0. The second kappa shape index (κ2) is 65.3. The van der Waals surface area contributed by atoms with E-state index in [1.807, 2.05) is 6.08 Å². The van der Waals surface area contributed by atoms with Crippen molar-refractivity contribution in [2.45, 2.75) is 373 Å². The van der Waals surface area contributed by atoms with Gasteiger partial charge in [-0.2, -0.15) is 0 Å². The van der Waals surface area contributed by atoms with Gasteiger partial charge < -0.3 is 20.3 Å². The summed E-state index contributed by atoms with van der Waals surface area (Å²) in [7, 11) is 0. The summed E-state index contributed by atoms with van der Waals surface area (Å²) in [6.07, 6.45) is 84.5. The van der Waals surface area contributed by atoms with Crippen molar-refractivity contribution in [2.75, 3.05) is 13.2 Å². The van der Waals surface area contributed by atoms with Crippen LogP contribution >= 0.6 is 0 Å². The van der Waals surface area contributed by atoms with Crippen LogP contribution in [-0.2, 0) is 14.3 Å². The predicted molar refractivity (Wildman–Crippen MR) is 333 cm³/mol. The lowest BCUT2D eigenvalue weighted by Crippen LogP contribution is -2.45. The van der Waals surface area contributed by atoms with Gasteiger partial charge in [0, 0.05) is 12.8 Å². The van der Waals surface area contributed by atoms with Crippen molar-refractivity contribution in [3.8, 4) is 0 Å². The van der Waals surface area contributed by atoms with Gasteiger partial charge in [-0.15, -0.1) is 0 Å². The normalized spacial score (nSPS) is 12.8. The SMILES string of the molecule is CCCCCC/C=C\C/C=C\CCCCCCCC(=O)OCCCCCCCCCCC/C=C\CCCCCCCC(=O)NC(CO)C(O)/C=C/CCCCCCCCCCCCCCCCCCCCCCCCC. The Morgan fingerprint density at radius 2 is 0.658 bits per heavy atom. The molecule has 0 saturated heterocycles. The number of hydrogen-bond donors (Lipinski definition) is 3. The number of amides is 1. The van der Waals surface area contributed by atoms with Crippen molar-refractivity contribution in [1.82, 2.24) is 5.32 Å². The second-order valence-electron chi connectivity index (χ2n) is 23.1. The zero-order valence-electron chi connectivity index (χ0n) is 51.0. The van der Waals surface area contributed by atoms with Crippen LogP contribution < -0.4 is 5.32 Å². The van der Waals surface area contributed by atoms with Crippen LogP contribution in [0.5, 0.6) is 0 Å². The Kier molecular flexibility index (Phi) is 63.5. The maximum Gasteiger partial charge on any atom is 0.305 e. The molecule has 3 N–H and O–H groups in total. The van der Waals surface area contributed by atoms with Crippen molar-refractivity contribution in [2.24, 2.45) is 0 Å². The predicted octanol–water partition coefficient (Wildman–Crippen LogP) is 21.7. The van der Waals surface area contributed by atoms with Crippen molar-refractivity contribution in [3.63, 3.8) is 0 Å². The summed E-state index contributed by atoms with van der Waals surface area (Å²) in [6, 6.07) is -0.641. The molecule has 0 saturated carbocycles. The third-order valence-electron chi connectivity index (χ3n) is 15.6. The van der Waals surface area contributed by atoms with E-state index in [0.717, 1.165) is 70.6 Å². The van der Waals surface area contributed by atoms with E-state index < -0.39 is 12.1 Å². The minimum atomic E-state index is -0.856. The molecule has 0 aromatic heterocycles. The van der Waals surface area contributed by atoms with E-state index in [2.05, 4.69) is 55.6 Å². The fourth-order valence-electron chi connectivity index (χ4n) is 10.4. The van der Waals surface area contributed by atoms with E-state index in [4.69, 9.17) is 4.74 Å². The zero-order chi connectivity index (χ0) is 55.0. The molecule has 0 aliphatic rings. The second-order valence-corrected chi connectivity index (χ2v) is 23.1. The first-order valence-corrected chi connectivity index (χ1v) is 33.9. The smallest absolute Gasteiger partial charge is 0.305 e. The van der Waals surface area contributed by atoms with Crippen LogP contribution in [0.3, 0.4) is 0 Å². The summed E-state index contributed by atoms with van der Waals surface area (Å²) in [5.74, 6) is -0.0908. The fraction of sp³-hybridized carbons (Fsp3) is 0.857. The number of unbranched alkanes of at least 4 members (excludes halogenated alkanes) is 46. The number of ether oxygens (including phenoxy) is 1. The Labute approximate surface area is 474 Å². The van der Waals surface area contributed by atoms with Crippen molar-refractivity contribution < 1.29 is 24.5 Å². The van der Waals surface area contributed by atoms with E-state index in [1.54, 1.807) is 6.08 Å². The molecule has 0 aliphatic carbocycles. The largest absolute Gasteiger partial charge is 0.466 e. The number of rotatable bonds is 63. The van der Waals surface area contributed by atoms with Gasteiger partial charge in [0.2, 0.25) is 5.91 Å². The van der Waals surface area contributed by atoms with Crippen molar-refractivity contribution in [1.29, 1.82) is 0 Å². The van der Waals surface area contributed by atoms with Gasteiger partial charge in [0.25, 0.3) is 0 Å². The molecule has 0 fully saturated rings. The van der Waals surface area contributed by atoms with Crippen LogP contribution in [0.4, 0.5) is 0 Å². The summed E-state index contributed by atoms with van der Waals surface area (Å²) >= 11 is 0. The molecular weight excluding hydrogens is 935 g/mol. The van der Waals surface area contributed by atoms with Crippen LogP contribution in [-0.4, -0.2) is 47.4 Å². The standard InChI is InChI=1S/C70H131NO5/c1-3-5-7-9-11-13-15-17-19-21-22-23-24-25-26-27-28-31-34-38-42-46-50-54-58-62-68(73)67(66-72)71-69(74)63-59-55-51-47-43-39-35-32-29-30-33-37-41-45-49-53-57-61-65-76-70(75)64-60-56-52-48-44-40-36-20-18-16-14-12-10-8-6-4-2/h14,16,20,32,35-36,58,62,67-68,72-73H,3-13,15,17-19,21-31,33-34,37-57,59-61,63-66H2,1-2H3,(H,71,74)/b16-14-,35-32-,36-20-,62-58+. The Bertz CT molecular complexity index is 1270. The molecule has 0 aromatic carbocycles. The highest BCUT2D eigenvalue weighted by molar-refractivity contribution is 5.76. The van der Waals surface area contributed by atoms with Crippen molar-refractivity contribution in [3.05, 3.63) is 48.6 Å². The highest BCUT2D eigenvalue weighted by atomic mass is 16.5. The van der Waals surface area contributed by atoms with E-state index in [9.17, 15) is 19.8 Å². The van der Waals surface area contributed by atoms with Crippen LogP contribution in [0.15, 0.2) is 48.6 Å². The summed E-state index contributed by atoms with van der Waals surface area (Å²) in [5.41, 5.74) is 0. The first-order chi connectivity index (χ1) is 37.5. The molecule has 446 valence electrons. The highest BCUT2D eigenvalue weighted by Crippen LogP contribution is 2.18. The number of allylic oxidation sites excluding steroid dienone is 7. The topological polar surface area (TPSA) is 95.9 Å². The summed E-state index contributed by atoms with van der Waals surface area (Å²) in [6.45, 7) is 4.89. The van der Waals surface area contributed by atoms with Gasteiger partial charge in [-0.05, 0) is 89.9 Å². The van der Waals surface area contributed by atoms with Crippen LogP contribution in [0.25, 0.3) is 0 Å². The van der Waals surface area contributed by atoms with Gasteiger partial charge in [0.15, 0.2) is 0 Å². The van der Waals surface area contributed by atoms with Gasteiger partial charge in [-0.25, -0.2) is 0 Å². The summed E-state index contributed by atoms with van der Waals surface area (Å²) < 4.78 is 5.48. The van der Waals surface area contributed by atoms with Crippen LogP contribution in [0.2, 0.25) is 0 Å². The van der Waals surface area contributed by atoms with E-state index in [0.29, 0.717) is 19.4 Å². The highest BCUT2D eigenvalue weighted by Gasteiger charge is 2.18. The number of aliphatic hydroxyl groups is 2.